The third-order valence-electron chi connectivity index (χ3n) is 7.82. The number of benzene rings is 4. The molecule has 1 heterocycles. The minimum Gasteiger partial charge on any atom is -0.0809 e. The van der Waals surface area contributed by atoms with Crippen molar-refractivity contribution in [2.24, 2.45) is 0 Å². The van der Waals surface area contributed by atoms with Crippen molar-refractivity contribution in [3.05, 3.63) is 132 Å². The summed E-state index contributed by atoms with van der Waals surface area (Å²) in [5.74, 6) is 0.542. The number of fused-ring (bicyclic) bond motifs is 3. The zero-order valence-electron chi connectivity index (χ0n) is 18.6. The van der Waals surface area contributed by atoms with E-state index in [1.165, 1.54) is 45.8 Å². The molecule has 0 bridgehead atoms. The third kappa shape index (κ3) is 3.19. The lowest BCUT2D eigenvalue weighted by atomic mass is 9.91. The summed E-state index contributed by atoms with van der Waals surface area (Å²) < 4.78 is 0. The average Bonchev–Trinajstić information content (AvgIpc) is 3.33. The van der Waals surface area contributed by atoms with Gasteiger partial charge in [-0.15, -0.1) is 0 Å². The molecular formula is C32H26Si. The second kappa shape index (κ2) is 7.57. The summed E-state index contributed by atoms with van der Waals surface area (Å²) in [5.41, 5.74) is 12.2. The Kier molecular flexibility index (Phi) is 4.38. The van der Waals surface area contributed by atoms with Crippen LogP contribution in [0.2, 0.25) is 11.6 Å². The van der Waals surface area contributed by atoms with Gasteiger partial charge in [0.1, 0.15) is 0 Å². The second-order valence-corrected chi connectivity index (χ2v) is 13.0. The molecule has 0 N–H and O–H groups in total. The van der Waals surface area contributed by atoms with Gasteiger partial charge in [0.05, 0.1) is 8.80 Å². The topological polar surface area (TPSA) is 0 Å². The molecule has 4 aromatic carbocycles. The molecule has 0 nitrogen and oxygen atoms in total. The fourth-order valence-electron chi connectivity index (χ4n) is 6.13. The highest BCUT2D eigenvalue weighted by atomic mass is 28.3. The summed E-state index contributed by atoms with van der Waals surface area (Å²) in [5, 5.41) is 1.77. The maximum atomic E-state index is 2.50. The lowest BCUT2D eigenvalue weighted by Gasteiger charge is -2.16. The molecule has 3 aliphatic rings. The molecule has 2 atom stereocenters. The molecule has 33 heavy (non-hydrogen) atoms. The summed E-state index contributed by atoms with van der Waals surface area (Å²) in [6.45, 7) is 0. The molecular weight excluding hydrogens is 412 g/mol. The first kappa shape index (κ1) is 19.1. The Bertz CT molecular complexity index is 1320. The molecule has 0 amide bonds. The van der Waals surface area contributed by atoms with E-state index in [1.807, 2.05) is 0 Å². The number of allylic oxidation sites excluding steroid dienone is 4. The van der Waals surface area contributed by atoms with Crippen molar-refractivity contribution < 1.29 is 0 Å². The first-order valence-electron chi connectivity index (χ1n) is 12.1. The van der Waals surface area contributed by atoms with E-state index >= 15 is 0 Å². The lowest BCUT2D eigenvalue weighted by molar-refractivity contribution is 0.855. The fraction of sp³-hybridized carbons (Fsp3) is 0.125. The predicted octanol–water partition coefficient (Wildman–Crippen LogP) is 8.17. The maximum Gasteiger partial charge on any atom is 0.0698 e. The summed E-state index contributed by atoms with van der Waals surface area (Å²) >= 11 is 0. The molecule has 1 heteroatoms. The zero-order chi connectivity index (χ0) is 21.8. The van der Waals surface area contributed by atoms with Gasteiger partial charge in [-0.1, -0.05) is 114 Å². The van der Waals surface area contributed by atoms with Crippen LogP contribution >= 0.6 is 0 Å². The van der Waals surface area contributed by atoms with E-state index in [0.29, 0.717) is 5.92 Å². The van der Waals surface area contributed by atoms with Gasteiger partial charge in [-0.2, -0.15) is 0 Å². The summed E-state index contributed by atoms with van der Waals surface area (Å²) in [6.07, 6.45) is 8.24. The molecule has 7 rings (SSSR count). The van der Waals surface area contributed by atoms with Gasteiger partial charge in [0.25, 0.3) is 0 Å². The Morgan fingerprint density at radius 3 is 1.70 bits per heavy atom. The van der Waals surface area contributed by atoms with Crippen molar-refractivity contribution in [1.29, 1.82) is 0 Å². The smallest absolute Gasteiger partial charge is 0.0698 e. The largest absolute Gasteiger partial charge is 0.0809 e. The lowest BCUT2D eigenvalue weighted by Crippen LogP contribution is -2.04. The SMILES string of the molecule is C1=CCC([SiH]2CC2C2c3cc(-c4ccccc4)ccc3-c3ccc(-c4ccccc4)cc32)=C1. The van der Waals surface area contributed by atoms with Gasteiger partial charge in [0.2, 0.25) is 0 Å². The molecule has 0 radical (unpaired) electrons. The highest BCUT2D eigenvalue weighted by Crippen LogP contribution is 2.61. The standard InChI is InChI=1S/C32H26Si/c1-3-9-22(10-4-1)24-15-17-27-28-18-16-25(23-11-5-2-6-12-23)20-30(28)32(29(27)19-24)31-21-33(31)26-13-7-8-14-26/h1-13,15-20,31-33H,14,21H2. The van der Waals surface area contributed by atoms with Crippen LogP contribution in [0, 0.1) is 0 Å². The van der Waals surface area contributed by atoms with Gasteiger partial charge in [0, 0.05) is 5.92 Å². The van der Waals surface area contributed by atoms with Crippen LogP contribution in [0.3, 0.4) is 0 Å². The van der Waals surface area contributed by atoms with Crippen molar-refractivity contribution in [3.63, 3.8) is 0 Å². The van der Waals surface area contributed by atoms with Crippen LogP contribution in [0.5, 0.6) is 0 Å². The number of hydrogen-bond donors (Lipinski definition) is 0. The van der Waals surface area contributed by atoms with E-state index in [1.54, 1.807) is 16.3 Å². The van der Waals surface area contributed by atoms with E-state index in [9.17, 15) is 0 Å². The van der Waals surface area contributed by atoms with Crippen molar-refractivity contribution in [1.82, 2.24) is 0 Å². The summed E-state index contributed by atoms with van der Waals surface area (Å²) in [6, 6.07) is 37.6. The molecule has 0 aromatic heterocycles. The maximum absolute atomic E-state index is 2.50. The van der Waals surface area contributed by atoms with E-state index in [2.05, 4.69) is 115 Å². The molecule has 0 saturated carbocycles. The van der Waals surface area contributed by atoms with Crippen molar-refractivity contribution in [3.8, 4) is 33.4 Å². The van der Waals surface area contributed by atoms with Crippen molar-refractivity contribution in [2.75, 3.05) is 0 Å². The van der Waals surface area contributed by atoms with E-state index < -0.39 is 8.80 Å². The summed E-state index contributed by atoms with van der Waals surface area (Å²) in [7, 11) is -0.839. The fourth-order valence-corrected chi connectivity index (χ4v) is 9.77. The van der Waals surface area contributed by atoms with Gasteiger partial charge in [-0.3, -0.25) is 0 Å². The van der Waals surface area contributed by atoms with Gasteiger partial charge >= 0.3 is 0 Å². The van der Waals surface area contributed by atoms with E-state index in [0.717, 1.165) is 5.54 Å². The predicted molar refractivity (Wildman–Crippen MR) is 142 cm³/mol. The monoisotopic (exact) mass is 438 g/mol. The van der Waals surface area contributed by atoms with Gasteiger partial charge in [0.15, 0.2) is 0 Å². The van der Waals surface area contributed by atoms with Crippen LogP contribution in [0.15, 0.2) is 120 Å². The zero-order valence-corrected chi connectivity index (χ0v) is 19.8. The first-order chi connectivity index (χ1) is 16.4. The van der Waals surface area contributed by atoms with Gasteiger partial charge in [-0.05, 0) is 68.6 Å². The Labute approximate surface area is 197 Å². The first-order valence-corrected chi connectivity index (χ1v) is 14.2. The molecule has 158 valence electrons. The number of rotatable bonds is 4. The Hall–Kier alpha value is -3.42. The molecule has 1 aliphatic heterocycles. The Morgan fingerprint density at radius 2 is 1.18 bits per heavy atom. The highest BCUT2D eigenvalue weighted by molar-refractivity contribution is 6.79. The van der Waals surface area contributed by atoms with E-state index in [-0.39, 0.29) is 0 Å². The minimum atomic E-state index is -0.839. The van der Waals surface area contributed by atoms with Crippen LogP contribution in [0.25, 0.3) is 33.4 Å². The average molecular weight is 439 g/mol. The Balaban J connectivity index is 1.36. The highest BCUT2D eigenvalue weighted by Gasteiger charge is 2.50. The van der Waals surface area contributed by atoms with Gasteiger partial charge < -0.3 is 0 Å². The second-order valence-electron chi connectivity index (χ2n) is 9.69. The normalized spacial score (nSPS) is 20.4. The Morgan fingerprint density at radius 1 is 0.606 bits per heavy atom. The quantitative estimate of drug-likeness (QED) is 0.282. The number of hydrogen-bond acceptors (Lipinski definition) is 0. The van der Waals surface area contributed by atoms with Crippen molar-refractivity contribution >= 4 is 8.80 Å². The van der Waals surface area contributed by atoms with Crippen LogP contribution in [0.4, 0.5) is 0 Å². The van der Waals surface area contributed by atoms with Crippen LogP contribution in [-0.2, 0) is 0 Å². The van der Waals surface area contributed by atoms with Crippen LogP contribution in [-0.4, -0.2) is 8.80 Å². The van der Waals surface area contributed by atoms with Crippen molar-refractivity contribution in [2.45, 2.75) is 23.9 Å². The van der Waals surface area contributed by atoms with Crippen LogP contribution < -0.4 is 0 Å². The van der Waals surface area contributed by atoms with E-state index in [4.69, 9.17) is 0 Å². The summed E-state index contributed by atoms with van der Waals surface area (Å²) in [4.78, 5) is 0. The molecule has 2 unspecified atom stereocenters. The van der Waals surface area contributed by atoms with Crippen LogP contribution in [0.1, 0.15) is 23.5 Å². The molecule has 2 aliphatic carbocycles. The van der Waals surface area contributed by atoms with Gasteiger partial charge in [-0.25, -0.2) is 0 Å². The minimum absolute atomic E-state index is 0.542. The molecule has 4 aromatic rings. The third-order valence-corrected chi connectivity index (χ3v) is 11.3. The molecule has 1 saturated heterocycles. The molecule has 1 fully saturated rings. The molecule has 0 spiro atoms.